The second-order valence-corrected chi connectivity index (χ2v) is 12.6. The van der Waals surface area contributed by atoms with E-state index < -0.39 is 17.8 Å². The van der Waals surface area contributed by atoms with Gasteiger partial charge in [0, 0.05) is 50.1 Å². The summed E-state index contributed by atoms with van der Waals surface area (Å²) in [5.41, 5.74) is 0.0518. The summed E-state index contributed by atoms with van der Waals surface area (Å²) in [5.74, 6) is -0.569. The molecule has 1 aromatic heterocycles. The Balaban J connectivity index is 1.09. The van der Waals surface area contributed by atoms with Gasteiger partial charge in [-0.05, 0) is 95.4 Å². The topological polar surface area (TPSA) is 96.8 Å². The van der Waals surface area contributed by atoms with Gasteiger partial charge in [0.2, 0.25) is 0 Å². The molecule has 0 unspecified atom stereocenters. The third-order valence-electron chi connectivity index (χ3n) is 9.65. The van der Waals surface area contributed by atoms with Crippen molar-refractivity contribution >= 4 is 11.6 Å². The summed E-state index contributed by atoms with van der Waals surface area (Å²) in [5, 5.41) is 14.4. The van der Waals surface area contributed by atoms with Gasteiger partial charge in [-0.15, -0.1) is 0 Å². The van der Waals surface area contributed by atoms with Crippen LogP contribution in [0.25, 0.3) is 0 Å². The molecule has 1 aromatic rings. The van der Waals surface area contributed by atoms with E-state index in [1.165, 1.54) is 71.1 Å². The zero-order valence-electron chi connectivity index (χ0n) is 25.7. The lowest BCUT2D eigenvalue weighted by molar-refractivity contribution is -0.141. The molecule has 0 atom stereocenters. The minimum absolute atomic E-state index is 0.200. The minimum atomic E-state index is -4.66. The van der Waals surface area contributed by atoms with Crippen LogP contribution in [0.1, 0.15) is 54.7 Å². The van der Waals surface area contributed by atoms with E-state index in [9.17, 15) is 18.0 Å². The number of hydrogen-bond acceptors (Lipinski definition) is 8. The molecule has 3 N–H and O–H groups in total. The molecule has 3 aliphatic heterocycles. The van der Waals surface area contributed by atoms with Crippen LogP contribution in [0, 0.1) is 10.8 Å². The van der Waals surface area contributed by atoms with Gasteiger partial charge in [0.15, 0.2) is 0 Å². The number of allylic oxidation sites excluding steroid dienone is 3. The lowest BCUT2D eigenvalue weighted by Crippen LogP contribution is -2.48. The molecule has 240 valence electrons. The fourth-order valence-electron chi connectivity index (χ4n) is 6.55. The SMILES string of the molecule is COC1=CC(=N)/C(=C\NC2CCN(CCN3CCC4(CCN(C)CC4)CC3)CC2)C=C1NC(=O)c1cccc(C(F)(F)F)n1. The van der Waals surface area contributed by atoms with Crippen LogP contribution in [0.2, 0.25) is 0 Å². The maximum absolute atomic E-state index is 13.1. The van der Waals surface area contributed by atoms with E-state index in [-0.39, 0.29) is 28.9 Å². The van der Waals surface area contributed by atoms with E-state index >= 15 is 0 Å². The lowest BCUT2D eigenvalue weighted by atomic mass is 9.71. The van der Waals surface area contributed by atoms with Gasteiger partial charge in [-0.1, -0.05) is 6.07 Å². The number of alkyl halides is 3. The fraction of sp³-hybridized carbons (Fsp3) is 0.594. The number of ether oxygens (including phenoxy) is 1. The predicted molar refractivity (Wildman–Crippen MR) is 163 cm³/mol. The van der Waals surface area contributed by atoms with Crippen LogP contribution < -0.4 is 10.6 Å². The van der Waals surface area contributed by atoms with Gasteiger partial charge in [0.1, 0.15) is 17.1 Å². The molecular formula is C32H44F3N7O2. The third kappa shape index (κ3) is 8.08. The molecule has 1 amide bonds. The molecule has 3 fully saturated rings. The summed E-state index contributed by atoms with van der Waals surface area (Å²) in [6.45, 7) is 9.14. The molecular weight excluding hydrogens is 571 g/mol. The summed E-state index contributed by atoms with van der Waals surface area (Å²) in [6.07, 6.45) is 7.51. The van der Waals surface area contributed by atoms with Crippen LogP contribution >= 0.6 is 0 Å². The van der Waals surface area contributed by atoms with Crippen molar-refractivity contribution < 1.29 is 22.7 Å². The Labute approximate surface area is 257 Å². The van der Waals surface area contributed by atoms with Crippen molar-refractivity contribution in [3.8, 4) is 0 Å². The number of nitrogens with one attached hydrogen (secondary N) is 3. The largest absolute Gasteiger partial charge is 0.494 e. The van der Waals surface area contributed by atoms with Gasteiger partial charge in [0.25, 0.3) is 5.91 Å². The Morgan fingerprint density at radius 2 is 1.68 bits per heavy atom. The summed E-state index contributed by atoms with van der Waals surface area (Å²) in [7, 11) is 3.63. The fourth-order valence-corrected chi connectivity index (χ4v) is 6.55. The van der Waals surface area contributed by atoms with Crippen LogP contribution in [0.4, 0.5) is 13.2 Å². The third-order valence-corrected chi connectivity index (χ3v) is 9.65. The highest BCUT2D eigenvalue weighted by Gasteiger charge is 2.37. The van der Waals surface area contributed by atoms with Gasteiger partial charge in [0.05, 0.1) is 18.5 Å². The van der Waals surface area contributed by atoms with E-state index in [1.807, 2.05) is 0 Å². The van der Waals surface area contributed by atoms with Crippen molar-refractivity contribution in [2.24, 2.45) is 5.41 Å². The summed E-state index contributed by atoms with van der Waals surface area (Å²) < 4.78 is 44.5. The van der Waals surface area contributed by atoms with Gasteiger partial charge in [-0.2, -0.15) is 13.2 Å². The molecule has 3 saturated heterocycles. The van der Waals surface area contributed by atoms with Crippen molar-refractivity contribution in [3.63, 3.8) is 0 Å². The van der Waals surface area contributed by atoms with E-state index in [0.29, 0.717) is 11.0 Å². The standard InChI is InChI=1S/C32H44F3N7O2/c1-40-14-8-31(9-15-40)10-16-42(17-11-31)19-18-41-12-6-24(7-13-41)37-22-23-20-27(28(44-2)21-25(23)36)39-30(43)26-4-3-5-29(38-26)32(33,34)35/h3-5,20-22,24,36-37H,6-19H2,1-2H3,(H,39,43)/b23-22-,36-25?. The highest BCUT2D eigenvalue weighted by atomic mass is 19.4. The number of likely N-dealkylation sites (tertiary alicyclic amines) is 3. The van der Waals surface area contributed by atoms with Crippen LogP contribution in [-0.4, -0.2) is 104 Å². The summed E-state index contributed by atoms with van der Waals surface area (Å²) >= 11 is 0. The number of hydrogen-bond donors (Lipinski definition) is 3. The first-order valence-corrected chi connectivity index (χ1v) is 15.6. The molecule has 0 saturated carbocycles. The first-order valence-electron chi connectivity index (χ1n) is 15.6. The average Bonchev–Trinajstić information content (AvgIpc) is 3.02. The van der Waals surface area contributed by atoms with Crippen LogP contribution in [0.15, 0.2) is 53.6 Å². The molecule has 1 aliphatic carbocycles. The van der Waals surface area contributed by atoms with Crippen molar-refractivity contribution in [3.05, 3.63) is 65.0 Å². The molecule has 1 spiro atoms. The molecule has 0 radical (unpaired) electrons. The van der Waals surface area contributed by atoms with E-state index in [0.717, 1.165) is 51.2 Å². The highest BCUT2D eigenvalue weighted by Crippen LogP contribution is 2.40. The first-order chi connectivity index (χ1) is 21.0. The molecule has 12 heteroatoms. The summed E-state index contributed by atoms with van der Waals surface area (Å²) in [6, 6.07) is 3.44. The Morgan fingerprint density at radius 3 is 2.32 bits per heavy atom. The maximum atomic E-state index is 13.1. The van der Waals surface area contributed by atoms with Crippen LogP contribution in [0.5, 0.6) is 0 Å². The van der Waals surface area contributed by atoms with Gasteiger partial charge in [-0.25, -0.2) is 4.98 Å². The first kappa shape index (κ1) is 32.2. The number of methoxy groups -OCH3 is 1. The Hall–Kier alpha value is -3.22. The number of amides is 1. The van der Waals surface area contributed by atoms with Gasteiger partial charge < -0.3 is 35.5 Å². The molecule has 44 heavy (non-hydrogen) atoms. The van der Waals surface area contributed by atoms with E-state index in [2.05, 4.69) is 37.4 Å². The number of aromatic nitrogens is 1. The van der Waals surface area contributed by atoms with Crippen molar-refractivity contribution in [1.82, 2.24) is 30.3 Å². The highest BCUT2D eigenvalue weighted by molar-refractivity contribution is 6.10. The zero-order chi connectivity index (χ0) is 31.3. The predicted octanol–water partition coefficient (Wildman–Crippen LogP) is 4.02. The number of pyridine rings is 1. The Bertz CT molecular complexity index is 1280. The van der Waals surface area contributed by atoms with Crippen LogP contribution in [-0.2, 0) is 10.9 Å². The normalized spacial score (nSPS) is 23.4. The number of nitrogens with zero attached hydrogens (tertiary/aromatic N) is 4. The van der Waals surface area contributed by atoms with E-state index in [4.69, 9.17) is 10.1 Å². The minimum Gasteiger partial charge on any atom is -0.494 e. The molecule has 9 nitrogen and oxygen atoms in total. The molecule has 0 aromatic carbocycles. The van der Waals surface area contributed by atoms with Crippen molar-refractivity contribution in [2.75, 3.05) is 66.5 Å². The zero-order valence-corrected chi connectivity index (χ0v) is 25.7. The lowest BCUT2D eigenvalue weighted by Gasteiger charge is -2.46. The summed E-state index contributed by atoms with van der Waals surface area (Å²) in [4.78, 5) is 23.8. The van der Waals surface area contributed by atoms with E-state index in [1.54, 1.807) is 12.3 Å². The smallest absolute Gasteiger partial charge is 0.433 e. The van der Waals surface area contributed by atoms with Gasteiger partial charge >= 0.3 is 6.18 Å². The number of piperidine rings is 3. The second kappa shape index (κ2) is 13.8. The Morgan fingerprint density at radius 1 is 1.05 bits per heavy atom. The Kier molecular flexibility index (Phi) is 10.1. The number of halogens is 3. The molecule has 0 bridgehead atoms. The number of carbonyl (C=O) groups excluding carboxylic acids is 1. The van der Waals surface area contributed by atoms with Crippen molar-refractivity contribution in [2.45, 2.75) is 50.7 Å². The second-order valence-electron chi connectivity index (χ2n) is 12.6. The maximum Gasteiger partial charge on any atom is 0.433 e. The van der Waals surface area contributed by atoms with Crippen LogP contribution in [0.3, 0.4) is 0 Å². The van der Waals surface area contributed by atoms with Gasteiger partial charge in [-0.3, -0.25) is 4.79 Å². The van der Waals surface area contributed by atoms with Crippen molar-refractivity contribution in [1.29, 1.82) is 5.41 Å². The molecule has 4 heterocycles. The number of rotatable bonds is 8. The number of carbonyl (C=O) groups is 1. The monoisotopic (exact) mass is 615 g/mol. The molecule has 5 rings (SSSR count). The average molecular weight is 616 g/mol. The quantitative estimate of drug-likeness (QED) is 0.407. The molecule has 4 aliphatic rings.